The predicted octanol–water partition coefficient (Wildman–Crippen LogP) is 1.29. The van der Waals surface area contributed by atoms with Crippen LogP contribution in [0.25, 0.3) is 0 Å². The second-order valence-electron chi connectivity index (χ2n) is 3.29. The highest BCUT2D eigenvalue weighted by atomic mass is 16.5. The summed E-state index contributed by atoms with van der Waals surface area (Å²) >= 11 is 0. The van der Waals surface area contributed by atoms with Gasteiger partial charge in [0.05, 0.1) is 5.41 Å². The topological polar surface area (TPSA) is 26.3 Å². The van der Waals surface area contributed by atoms with Gasteiger partial charge in [0, 0.05) is 5.41 Å². The molecule has 0 bridgehead atoms. The molecule has 0 aromatic carbocycles. The Morgan fingerprint density at radius 1 is 1.45 bits per heavy atom. The number of hydrogen-bond acceptors (Lipinski definition) is 2. The number of fused-ring (bicyclic) bond motifs is 1. The zero-order chi connectivity index (χ0) is 8.11. The maximum absolute atomic E-state index is 11.2. The molecule has 0 N–H and O–H groups in total. The molecule has 2 nitrogen and oxygen atoms in total. The third-order valence-corrected chi connectivity index (χ3v) is 2.92. The molecule has 2 unspecified atom stereocenters. The van der Waals surface area contributed by atoms with Crippen LogP contribution in [-0.2, 0) is 9.53 Å². The number of cyclic esters (lactones) is 1. The van der Waals surface area contributed by atoms with Crippen molar-refractivity contribution >= 4 is 5.97 Å². The summed E-state index contributed by atoms with van der Waals surface area (Å²) in [7, 11) is 0. The minimum absolute atomic E-state index is 0.105. The van der Waals surface area contributed by atoms with Gasteiger partial charge in [-0.15, -0.1) is 13.2 Å². The molecule has 0 radical (unpaired) electrons. The van der Waals surface area contributed by atoms with Crippen molar-refractivity contribution in [2.24, 2.45) is 10.8 Å². The van der Waals surface area contributed by atoms with Crippen LogP contribution in [0.4, 0.5) is 0 Å². The van der Waals surface area contributed by atoms with Crippen molar-refractivity contribution in [2.75, 3.05) is 6.61 Å². The van der Waals surface area contributed by atoms with E-state index in [1.165, 1.54) is 0 Å². The number of carbonyl (C=O) groups is 1. The molecule has 2 rings (SSSR count). The van der Waals surface area contributed by atoms with Crippen molar-refractivity contribution in [2.45, 2.75) is 6.42 Å². The van der Waals surface area contributed by atoms with Gasteiger partial charge in [-0.1, -0.05) is 12.2 Å². The first-order valence-corrected chi connectivity index (χ1v) is 3.65. The minimum Gasteiger partial charge on any atom is -0.464 e. The quantitative estimate of drug-likeness (QED) is 0.438. The van der Waals surface area contributed by atoms with E-state index in [2.05, 4.69) is 13.2 Å². The summed E-state index contributed by atoms with van der Waals surface area (Å²) in [6, 6.07) is 0. The van der Waals surface area contributed by atoms with Gasteiger partial charge in [0.15, 0.2) is 0 Å². The zero-order valence-electron chi connectivity index (χ0n) is 6.30. The molecular weight excluding hydrogens is 140 g/mol. The van der Waals surface area contributed by atoms with Gasteiger partial charge in [0.2, 0.25) is 0 Å². The number of carbonyl (C=O) groups excluding carboxylic acids is 1. The summed E-state index contributed by atoms with van der Waals surface area (Å²) in [6.45, 7) is 7.84. The predicted molar refractivity (Wildman–Crippen MR) is 40.8 cm³/mol. The van der Waals surface area contributed by atoms with Crippen LogP contribution < -0.4 is 0 Å². The van der Waals surface area contributed by atoms with Gasteiger partial charge < -0.3 is 4.74 Å². The molecule has 1 heterocycles. The van der Waals surface area contributed by atoms with Gasteiger partial charge >= 0.3 is 5.97 Å². The molecule has 0 aromatic heterocycles. The normalized spacial score (nSPS) is 46.0. The lowest BCUT2D eigenvalue weighted by atomic mass is 9.96. The number of hydrogen-bond donors (Lipinski definition) is 0. The standard InChI is InChI=1S/C9H10O2/c1-3-8-5-9(8,4-2)7(10)11-6-8/h3-4H,1-2,5-6H2. The van der Waals surface area contributed by atoms with Crippen LogP contribution in [0.1, 0.15) is 6.42 Å². The van der Waals surface area contributed by atoms with E-state index in [1.54, 1.807) is 6.08 Å². The Labute approximate surface area is 65.5 Å². The maximum Gasteiger partial charge on any atom is 0.317 e. The van der Waals surface area contributed by atoms with Crippen LogP contribution in [0.3, 0.4) is 0 Å². The molecule has 2 aliphatic rings. The fraction of sp³-hybridized carbons (Fsp3) is 0.444. The van der Waals surface area contributed by atoms with Crippen LogP contribution in [-0.4, -0.2) is 12.6 Å². The molecule has 0 spiro atoms. The van der Waals surface area contributed by atoms with E-state index in [4.69, 9.17) is 4.74 Å². The lowest BCUT2D eigenvalue weighted by Gasteiger charge is -2.01. The fourth-order valence-electron chi connectivity index (χ4n) is 1.90. The van der Waals surface area contributed by atoms with E-state index in [0.29, 0.717) is 6.61 Å². The van der Waals surface area contributed by atoms with Gasteiger partial charge in [-0.25, -0.2) is 0 Å². The van der Waals surface area contributed by atoms with Crippen molar-refractivity contribution in [3.8, 4) is 0 Å². The first-order valence-electron chi connectivity index (χ1n) is 3.65. The Hall–Kier alpha value is -1.05. The SMILES string of the molecule is C=CC12COC(=O)C1(C=C)C2. The van der Waals surface area contributed by atoms with Crippen molar-refractivity contribution < 1.29 is 9.53 Å². The monoisotopic (exact) mass is 150 g/mol. The largest absolute Gasteiger partial charge is 0.464 e. The molecule has 0 aromatic rings. The summed E-state index contributed by atoms with van der Waals surface area (Å²) in [5, 5.41) is 0. The first kappa shape index (κ1) is 6.65. The van der Waals surface area contributed by atoms with Crippen LogP contribution in [0.5, 0.6) is 0 Å². The van der Waals surface area contributed by atoms with E-state index in [-0.39, 0.29) is 11.4 Å². The molecule has 2 heteroatoms. The number of esters is 1. The first-order chi connectivity index (χ1) is 5.21. The average Bonchev–Trinajstić information content (AvgIpc) is 2.64. The molecule has 58 valence electrons. The molecule has 2 fully saturated rings. The molecule has 11 heavy (non-hydrogen) atoms. The van der Waals surface area contributed by atoms with Crippen molar-refractivity contribution in [3.63, 3.8) is 0 Å². The summed E-state index contributed by atoms with van der Waals surface area (Å²) < 4.78 is 4.92. The highest BCUT2D eigenvalue weighted by Gasteiger charge is 2.74. The van der Waals surface area contributed by atoms with E-state index in [1.807, 2.05) is 6.08 Å². The lowest BCUT2D eigenvalue weighted by Crippen LogP contribution is -2.11. The summed E-state index contributed by atoms with van der Waals surface area (Å²) in [5.74, 6) is -0.132. The Morgan fingerprint density at radius 3 is 2.55 bits per heavy atom. The highest BCUT2D eigenvalue weighted by Crippen LogP contribution is 2.69. The van der Waals surface area contributed by atoms with E-state index in [0.717, 1.165) is 6.42 Å². The van der Waals surface area contributed by atoms with Gasteiger partial charge in [0.25, 0.3) is 0 Å². The van der Waals surface area contributed by atoms with E-state index >= 15 is 0 Å². The molecule has 1 aliphatic heterocycles. The number of ether oxygens (including phenoxy) is 1. The van der Waals surface area contributed by atoms with Crippen molar-refractivity contribution in [1.29, 1.82) is 0 Å². The summed E-state index contributed by atoms with van der Waals surface area (Å²) in [5.41, 5.74) is -0.513. The van der Waals surface area contributed by atoms with Crippen molar-refractivity contribution in [1.82, 2.24) is 0 Å². The molecule has 1 saturated heterocycles. The van der Waals surface area contributed by atoms with Crippen LogP contribution in [0.15, 0.2) is 25.3 Å². The van der Waals surface area contributed by atoms with Crippen LogP contribution >= 0.6 is 0 Å². The van der Waals surface area contributed by atoms with Crippen LogP contribution in [0.2, 0.25) is 0 Å². The van der Waals surface area contributed by atoms with Gasteiger partial charge in [-0.05, 0) is 6.42 Å². The maximum atomic E-state index is 11.2. The number of rotatable bonds is 2. The summed E-state index contributed by atoms with van der Waals surface area (Å²) in [4.78, 5) is 11.2. The fourth-order valence-corrected chi connectivity index (χ4v) is 1.90. The van der Waals surface area contributed by atoms with Crippen molar-refractivity contribution in [3.05, 3.63) is 25.3 Å². The molecule has 1 aliphatic carbocycles. The Morgan fingerprint density at radius 2 is 2.18 bits per heavy atom. The molecule has 2 atom stereocenters. The molecule has 1 saturated carbocycles. The lowest BCUT2D eigenvalue weighted by molar-refractivity contribution is -0.143. The minimum atomic E-state index is -0.408. The third kappa shape index (κ3) is 0.482. The van der Waals surface area contributed by atoms with E-state index in [9.17, 15) is 4.79 Å². The van der Waals surface area contributed by atoms with Gasteiger partial charge in [0.1, 0.15) is 6.61 Å². The van der Waals surface area contributed by atoms with E-state index < -0.39 is 5.41 Å². The zero-order valence-corrected chi connectivity index (χ0v) is 6.30. The smallest absolute Gasteiger partial charge is 0.317 e. The highest BCUT2D eigenvalue weighted by molar-refractivity contribution is 5.87. The Kier molecular flexibility index (Phi) is 0.952. The average molecular weight is 150 g/mol. The summed E-state index contributed by atoms with van der Waals surface area (Å²) in [6.07, 6.45) is 4.36. The second-order valence-corrected chi connectivity index (χ2v) is 3.29. The Bertz CT molecular complexity index is 256. The van der Waals surface area contributed by atoms with Gasteiger partial charge in [-0.3, -0.25) is 4.79 Å². The molecule has 0 amide bonds. The third-order valence-electron chi connectivity index (χ3n) is 2.92. The molecular formula is C9H10O2. The van der Waals surface area contributed by atoms with Crippen LogP contribution in [0, 0.1) is 10.8 Å². The Balaban J connectivity index is 2.42. The van der Waals surface area contributed by atoms with Gasteiger partial charge in [-0.2, -0.15) is 0 Å². The second kappa shape index (κ2) is 1.58.